The molecule has 0 amide bonds. The fourth-order valence-corrected chi connectivity index (χ4v) is 10.8. The van der Waals surface area contributed by atoms with Crippen LogP contribution >= 0.6 is 0 Å². The van der Waals surface area contributed by atoms with Crippen LogP contribution in [0.4, 0.5) is 0 Å². The second-order valence-corrected chi connectivity index (χ2v) is 23.6. The van der Waals surface area contributed by atoms with Gasteiger partial charge >= 0.3 is 11.9 Å². The summed E-state index contributed by atoms with van der Waals surface area (Å²) >= 11 is 0. The smallest absolute Gasteiger partial charge is 0.306 e. The quantitative estimate of drug-likeness (QED) is 0.0257. The Labute approximate surface area is 448 Å². The van der Waals surface area contributed by atoms with Crippen molar-refractivity contribution in [3.63, 3.8) is 0 Å². The maximum absolute atomic E-state index is 12.9. The van der Waals surface area contributed by atoms with Crippen LogP contribution in [0.2, 0.25) is 0 Å². The van der Waals surface area contributed by atoms with Crippen molar-refractivity contribution in [2.45, 2.75) is 352 Å². The number of carbonyl (C=O) groups excluding carboxylic acids is 2. The highest BCUT2D eigenvalue weighted by molar-refractivity contribution is 7.85. The molecule has 0 aliphatic carbocycles. The van der Waals surface area contributed by atoms with Gasteiger partial charge in [-0.1, -0.05) is 290 Å². The van der Waals surface area contributed by atoms with E-state index in [1.165, 1.54) is 238 Å². The van der Waals surface area contributed by atoms with E-state index in [0.29, 0.717) is 12.8 Å². The van der Waals surface area contributed by atoms with Gasteiger partial charge in [0.25, 0.3) is 10.1 Å². The Morgan fingerprint density at radius 2 is 0.699 bits per heavy atom. The first kappa shape index (κ1) is 69.7. The van der Waals surface area contributed by atoms with Gasteiger partial charge < -0.3 is 34.3 Å². The Kier molecular flexibility index (Phi) is 47.9. The van der Waals surface area contributed by atoms with Crippen LogP contribution in [0.1, 0.15) is 316 Å². The molecule has 2 unspecified atom stereocenters. The van der Waals surface area contributed by atoms with Gasteiger partial charge in [-0.15, -0.1) is 0 Å². The van der Waals surface area contributed by atoms with Crippen LogP contribution in [0.15, 0.2) is 0 Å². The minimum absolute atomic E-state index is 0.174. The summed E-state index contributed by atoms with van der Waals surface area (Å²) in [6, 6.07) is 0. The molecule has 0 aromatic rings. The summed E-state index contributed by atoms with van der Waals surface area (Å²) in [5.41, 5.74) is 0. The van der Waals surface area contributed by atoms with E-state index < -0.39 is 71.2 Å². The van der Waals surface area contributed by atoms with Crippen LogP contribution in [0, 0.1) is 0 Å². The summed E-state index contributed by atoms with van der Waals surface area (Å²) in [6.45, 7) is 3.85. The summed E-state index contributed by atoms with van der Waals surface area (Å²) in [7, 11) is -4.60. The first-order valence-electron chi connectivity index (χ1n) is 31.1. The Morgan fingerprint density at radius 3 is 1.00 bits per heavy atom. The molecule has 1 rings (SSSR count). The molecule has 0 radical (unpaired) electrons. The van der Waals surface area contributed by atoms with Crippen molar-refractivity contribution in [3.8, 4) is 0 Å². The number of carbonyl (C=O) groups is 2. The Bertz CT molecular complexity index is 1330. The van der Waals surface area contributed by atoms with Crippen molar-refractivity contribution in [2.24, 2.45) is 0 Å². The number of aliphatic hydroxyl groups is 3. The average Bonchev–Trinajstić information content (AvgIpc) is 3.36. The number of ether oxygens (including phenoxy) is 4. The lowest BCUT2D eigenvalue weighted by Gasteiger charge is -2.40. The predicted octanol–water partition coefficient (Wildman–Crippen LogP) is 15.5. The highest BCUT2D eigenvalue weighted by Gasteiger charge is 2.46. The minimum atomic E-state index is -4.60. The third kappa shape index (κ3) is 44.3. The molecule has 0 spiro atoms. The first-order valence-corrected chi connectivity index (χ1v) is 32.7. The van der Waals surface area contributed by atoms with Crippen LogP contribution in [-0.4, -0.2) is 96.0 Å². The number of hydrogen-bond donors (Lipinski definition) is 4. The number of hydrogen-bond acceptors (Lipinski definition) is 11. The van der Waals surface area contributed by atoms with Gasteiger partial charge in [-0.05, 0) is 12.8 Å². The summed E-state index contributed by atoms with van der Waals surface area (Å²) in [5, 5.41) is 31.1. The Morgan fingerprint density at radius 1 is 0.411 bits per heavy atom. The zero-order valence-electron chi connectivity index (χ0n) is 47.3. The van der Waals surface area contributed by atoms with E-state index >= 15 is 0 Å². The molecule has 0 saturated carbocycles. The molecule has 73 heavy (non-hydrogen) atoms. The van der Waals surface area contributed by atoms with Gasteiger partial charge in [0.1, 0.15) is 36.8 Å². The van der Waals surface area contributed by atoms with Crippen molar-refractivity contribution in [2.75, 3.05) is 19.0 Å². The monoisotopic (exact) mass is 1060 g/mol. The lowest BCUT2D eigenvalue weighted by Crippen LogP contribution is -2.60. The van der Waals surface area contributed by atoms with Crippen LogP contribution in [0.25, 0.3) is 0 Å². The number of esters is 2. The van der Waals surface area contributed by atoms with E-state index in [-0.39, 0.29) is 19.4 Å². The van der Waals surface area contributed by atoms with E-state index in [1.807, 2.05) is 0 Å². The van der Waals surface area contributed by atoms with E-state index in [2.05, 4.69) is 13.8 Å². The van der Waals surface area contributed by atoms with Crippen LogP contribution in [-0.2, 0) is 38.7 Å². The molecular weight excluding hydrogens is 945 g/mol. The first-order chi connectivity index (χ1) is 35.5. The lowest BCUT2D eigenvalue weighted by atomic mass is 10.00. The summed E-state index contributed by atoms with van der Waals surface area (Å²) < 4.78 is 54.5. The molecule has 1 aliphatic rings. The van der Waals surface area contributed by atoms with Crippen molar-refractivity contribution in [1.29, 1.82) is 0 Å². The molecule has 0 aromatic carbocycles. The van der Waals surface area contributed by atoms with Gasteiger partial charge in [0.05, 0.1) is 6.61 Å². The Hall–Kier alpha value is -1.35. The molecular formula is C60H116O12S. The molecule has 1 heterocycles. The number of unbranched alkanes of at least 4 members (excludes halogenated alkanes) is 43. The molecule has 1 aliphatic heterocycles. The average molecular weight is 1060 g/mol. The van der Waals surface area contributed by atoms with Crippen molar-refractivity contribution in [3.05, 3.63) is 0 Å². The third-order valence-electron chi connectivity index (χ3n) is 14.9. The van der Waals surface area contributed by atoms with E-state index in [9.17, 15) is 37.9 Å². The fraction of sp³-hybridized carbons (Fsp3) is 0.967. The van der Waals surface area contributed by atoms with Crippen LogP contribution < -0.4 is 0 Å². The van der Waals surface area contributed by atoms with E-state index in [0.717, 1.165) is 38.5 Å². The molecule has 0 bridgehead atoms. The number of rotatable bonds is 55. The second-order valence-electron chi connectivity index (χ2n) is 22.1. The van der Waals surface area contributed by atoms with Crippen molar-refractivity contribution < 1.29 is 56.8 Å². The second kappa shape index (κ2) is 50.2. The molecule has 1 fully saturated rings. The van der Waals surface area contributed by atoms with E-state index in [4.69, 9.17) is 18.9 Å². The molecule has 13 heteroatoms. The maximum Gasteiger partial charge on any atom is 0.306 e. The third-order valence-corrected chi connectivity index (χ3v) is 15.7. The van der Waals surface area contributed by atoms with Gasteiger partial charge in [0, 0.05) is 12.8 Å². The van der Waals surface area contributed by atoms with E-state index in [1.54, 1.807) is 0 Å². The molecule has 4 N–H and O–H groups in total. The highest BCUT2D eigenvalue weighted by Crippen LogP contribution is 2.24. The summed E-state index contributed by atoms with van der Waals surface area (Å²) in [6.07, 6.45) is 48.7. The van der Waals surface area contributed by atoms with Crippen LogP contribution in [0.5, 0.6) is 0 Å². The minimum Gasteiger partial charge on any atom is -0.462 e. The zero-order valence-corrected chi connectivity index (χ0v) is 48.1. The summed E-state index contributed by atoms with van der Waals surface area (Å²) in [4.78, 5) is 25.7. The standard InChI is InChI=1S/C60H116O12S/c1-3-5-7-9-11-13-15-17-19-21-23-25-27-29-30-32-34-36-38-40-42-44-46-48-55(61)69-50-53(51-70-60-59(65)58(64)57(63)54(72-60)52-73(66,67)68)71-56(62)49-47-45-43-41-39-37-35-33-31-28-26-24-22-20-18-16-14-12-10-8-6-4-2/h53-54,57-60,63-65H,3-52H2,1-2H3,(H,66,67,68)/t53-,54-,57-,58?,59?,60+/m1/s1. The van der Waals surface area contributed by atoms with Gasteiger partial charge in [0.15, 0.2) is 12.4 Å². The SMILES string of the molecule is CCCCCCCCCCCCCCCCCCCCCCCCCC(=O)OC[C@H](CO[C@H]1O[C@H](CS(=O)(=O)O)[C@@H](O)C(O)C1O)OC(=O)CCCCCCCCCCCCCCCCCCCCCCCC. The maximum atomic E-state index is 12.9. The van der Waals surface area contributed by atoms with Crippen molar-refractivity contribution in [1.82, 2.24) is 0 Å². The van der Waals surface area contributed by atoms with Gasteiger partial charge in [-0.3, -0.25) is 14.1 Å². The molecule has 6 atom stereocenters. The normalized spacial score (nSPS) is 18.6. The molecule has 434 valence electrons. The van der Waals surface area contributed by atoms with Gasteiger partial charge in [-0.25, -0.2) is 0 Å². The van der Waals surface area contributed by atoms with Crippen LogP contribution in [0.3, 0.4) is 0 Å². The van der Waals surface area contributed by atoms with Gasteiger partial charge in [-0.2, -0.15) is 8.42 Å². The predicted molar refractivity (Wildman–Crippen MR) is 298 cm³/mol. The fourth-order valence-electron chi connectivity index (χ4n) is 10.2. The highest BCUT2D eigenvalue weighted by atomic mass is 32.2. The Balaban J connectivity index is 2.25. The lowest BCUT2D eigenvalue weighted by molar-refractivity contribution is -0.297. The molecule has 1 saturated heterocycles. The largest absolute Gasteiger partial charge is 0.462 e. The molecule has 0 aromatic heterocycles. The van der Waals surface area contributed by atoms with Crippen molar-refractivity contribution >= 4 is 22.1 Å². The number of aliphatic hydroxyl groups excluding tert-OH is 3. The molecule has 12 nitrogen and oxygen atoms in total. The zero-order chi connectivity index (χ0) is 53.3. The van der Waals surface area contributed by atoms with Gasteiger partial charge in [0.2, 0.25) is 0 Å². The topological polar surface area (TPSA) is 186 Å². The summed E-state index contributed by atoms with van der Waals surface area (Å²) in [5.74, 6) is -1.95.